The van der Waals surface area contributed by atoms with Gasteiger partial charge in [0, 0.05) is 10.5 Å². The van der Waals surface area contributed by atoms with Crippen LogP contribution in [0.15, 0.2) is 57.9 Å². The van der Waals surface area contributed by atoms with Crippen LogP contribution in [-0.2, 0) is 10.0 Å². The molecule has 21 heavy (non-hydrogen) atoms. The third-order valence-electron chi connectivity index (χ3n) is 3.00. The molecule has 6 heteroatoms. The highest BCUT2D eigenvalue weighted by atomic mass is 79.9. The lowest BCUT2D eigenvalue weighted by Crippen LogP contribution is -2.27. The van der Waals surface area contributed by atoms with Gasteiger partial charge < -0.3 is 0 Å². The second kappa shape index (κ2) is 6.39. The molecule has 0 radical (unpaired) electrons. The van der Waals surface area contributed by atoms with Crippen molar-refractivity contribution in [3.05, 3.63) is 64.1 Å². The highest BCUT2D eigenvalue weighted by molar-refractivity contribution is 9.10. The third-order valence-corrected chi connectivity index (χ3v) is 5.13. The van der Waals surface area contributed by atoms with Crippen molar-refractivity contribution in [3.8, 4) is 6.07 Å². The standard InChI is InChI=1S/C15H13BrN2O2S/c1-11(12-6-8-14(16)9-7-12)18-21(19,20)15-5-3-2-4-13(15)10-17/h2-9,11,18H,1H3/t11-/m1/s1. The van der Waals surface area contributed by atoms with E-state index in [0.29, 0.717) is 0 Å². The van der Waals surface area contributed by atoms with Crippen LogP contribution in [0.5, 0.6) is 0 Å². The Morgan fingerprint density at radius 2 is 1.76 bits per heavy atom. The van der Waals surface area contributed by atoms with Crippen LogP contribution in [0.3, 0.4) is 0 Å². The predicted molar refractivity (Wildman–Crippen MR) is 84.0 cm³/mol. The van der Waals surface area contributed by atoms with Crippen molar-refractivity contribution in [2.24, 2.45) is 0 Å². The Bertz CT molecular complexity index is 780. The fourth-order valence-electron chi connectivity index (χ4n) is 1.91. The fourth-order valence-corrected chi connectivity index (χ4v) is 3.56. The van der Waals surface area contributed by atoms with E-state index in [1.54, 1.807) is 19.1 Å². The summed E-state index contributed by atoms with van der Waals surface area (Å²) in [6.45, 7) is 1.76. The molecular weight excluding hydrogens is 352 g/mol. The van der Waals surface area contributed by atoms with Gasteiger partial charge in [0.15, 0.2) is 0 Å². The number of hydrogen-bond donors (Lipinski definition) is 1. The summed E-state index contributed by atoms with van der Waals surface area (Å²) in [7, 11) is -3.74. The molecule has 0 aliphatic rings. The highest BCUT2D eigenvalue weighted by Crippen LogP contribution is 2.20. The molecular formula is C15H13BrN2O2S. The molecule has 4 nitrogen and oxygen atoms in total. The van der Waals surface area contributed by atoms with Crippen LogP contribution < -0.4 is 4.72 Å². The smallest absolute Gasteiger partial charge is 0.207 e. The van der Waals surface area contributed by atoms with Crippen LogP contribution >= 0.6 is 15.9 Å². The molecule has 1 N–H and O–H groups in total. The van der Waals surface area contributed by atoms with Gasteiger partial charge in [0.25, 0.3) is 0 Å². The summed E-state index contributed by atoms with van der Waals surface area (Å²) >= 11 is 3.34. The molecule has 0 heterocycles. The fraction of sp³-hybridized carbons (Fsp3) is 0.133. The number of nitriles is 1. The van der Waals surface area contributed by atoms with E-state index in [-0.39, 0.29) is 10.5 Å². The Morgan fingerprint density at radius 3 is 2.38 bits per heavy atom. The number of benzene rings is 2. The summed E-state index contributed by atoms with van der Waals surface area (Å²) in [5, 5.41) is 9.02. The van der Waals surface area contributed by atoms with Gasteiger partial charge in [0.2, 0.25) is 10.0 Å². The SMILES string of the molecule is C[C@@H](NS(=O)(=O)c1ccccc1C#N)c1ccc(Br)cc1. The molecule has 0 unspecified atom stereocenters. The molecule has 0 fully saturated rings. The lowest BCUT2D eigenvalue weighted by molar-refractivity contribution is 0.566. The first-order chi connectivity index (χ1) is 9.94. The predicted octanol–water partition coefficient (Wildman–Crippen LogP) is 3.36. The summed E-state index contributed by atoms with van der Waals surface area (Å²) in [5.41, 5.74) is 0.976. The molecule has 1 atom stereocenters. The van der Waals surface area contributed by atoms with Gasteiger partial charge in [-0.05, 0) is 36.8 Å². The summed E-state index contributed by atoms with van der Waals surface area (Å²) in [4.78, 5) is -0.00328. The van der Waals surface area contributed by atoms with Gasteiger partial charge in [0.05, 0.1) is 10.5 Å². The average Bonchev–Trinajstić information content (AvgIpc) is 2.47. The van der Waals surface area contributed by atoms with Gasteiger partial charge in [-0.25, -0.2) is 13.1 Å². The number of hydrogen-bond acceptors (Lipinski definition) is 3. The highest BCUT2D eigenvalue weighted by Gasteiger charge is 2.21. The second-order valence-electron chi connectivity index (χ2n) is 4.50. The van der Waals surface area contributed by atoms with E-state index in [2.05, 4.69) is 20.7 Å². The van der Waals surface area contributed by atoms with Crippen LogP contribution in [0, 0.1) is 11.3 Å². The molecule has 0 saturated heterocycles. The van der Waals surface area contributed by atoms with Gasteiger partial charge >= 0.3 is 0 Å². The van der Waals surface area contributed by atoms with Crippen LogP contribution in [0.4, 0.5) is 0 Å². The zero-order valence-corrected chi connectivity index (χ0v) is 13.6. The van der Waals surface area contributed by atoms with Gasteiger partial charge in [-0.2, -0.15) is 5.26 Å². The van der Waals surface area contributed by atoms with E-state index < -0.39 is 16.1 Å². The minimum atomic E-state index is -3.74. The first-order valence-corrected chi connectivity index (χ1v) is 8.48. The molecule has 0 aliphatic carbocycles. The Kier molecular flexibility index (Phi) is 4.78. The van der Waals surface area contributed by atoms with Crippen LogP contribution in [0.2, 0.25) is 0 Å². The summed E-state index contributed by atoms with van der Waals surface area (Å²) in [6, 6.07) is 15.0. The maximum atomic E-state index is 12.4. The number of nitrogens with one attached hydrogen (secondary N) is 1. The van der Waals surface area contributed by atoms with E-state index in [1.807, 2.05) is 30.3 Å². The van der Waals surface area contributed by atoms with E-state index in [1.165, 1.54) is 12.1 Å². The summed E-state index contributed by atoms with van der Waals surface area (Å²) in [5.74, 6) is 0. The molecule has 0 saturated carbocycles. The quantitative estimate of drug-likeness (QED) is 0.903. The van der Waals surface area contributed by atoms with Gasteiger partial charge in [-0.1, -0.05) is 40.2 Å². The van der Waals surface area contributed by atoms with E-state index >= 15 is 0 Å². The number of rotatable bonds is 4. The molecule has 0 aromatic heterocycles. The van der Waals surface area contributed by atoms with Crippen molar-refractivity contribution in [1.29, 1.82) is 5.26 Å². The zero-order valence-electron chi connectivity index (χ0n) is 11.2. The minimum Gasteiger partial charge on any atom is -0.207 e. The van der Waals surface area contributed by atoms with Crippen molar-refractivity contribution in [1.82, 2.24) is 4.72 Å². The van der Waals surface area contributed by atoms with Gasteiger partial charge in [-0.15, -0.1) is 0 Å². The van der Waals surface area contributed by atoms with Gasteiger partial charge in [0.1, 0.15) is 6.07 Å². The molecule has 108 valence electrons. The maximum absolute atomic E-state index is 12.4. The maximum Gasteiger partial charge on any atom is 0.242 e. The van der Waals surface area contributed by atoms with Crippen molar-refractivity contribution >= 4 is 26.0 Å². The Balaban J connectivity index is 2.29. The summed E-state index contributed by atoms with van der Waals surface area (Å²) < 4.78 is 28.3. The first-order valence-electron chi connectivity index (χ1n) is 6.21. The van der Waals surface area contributed by atoms with Crippen molar-refractivity contribution < 1.29 is 8.42 Å². The molecule has 2 aromatic rings. The first kappa shape index (κ1) is 15.7. The molecule has 0 aliphatic heterocycles. The average molecular weight is 365 g/mol. The third kappa shape index (κ3) is 3.70. The zero-order chi connectivity index (χ0) is 15.5. The Hall–Kier alpha value is -1.68. The van der Waals surface area contributed by atoms with E-state index in [4.69, 9.17) is 5.26 Å². The summed E-state index contributed by atoms with van der Waals surface area (Å²) in [6.07, 6.45) is 0. The monoisotopic (exact) mass is 364 g/mol. The van der Waals surface area contributed by atoms with Crippen LogP contribution in [0.1, 0.15) is 24.1 Å². The minimum absolute atomic E-state index is 0.00328. The lowest BCUT2D eigenvalue weighted by atomic mass is 10.1. The Morgan fingerprint density at radius 1 is 1.14 bits per heavy atom. The topological polar surface area (TPSA) is 70.0 Å². The van der Waals surface area contributed by atoms with Crippen molar-refractivity contribution in [2.45, 2.75) is 17.9 Å². The van der Waals surface area contributed by atoms with Crippen LogP contribution in [0.25, 0.3) is 0 Å². The van der Waals surface area contributed by atoms with Crippen LogP contribution in [-0.4, -0.2) is 8.42 Å². The van der Waals surface area contributed by atoms with E-state index in [0.717, 1.165) is 10.0 Å². The molecule has 0 amide bonds. The number of halogens is 1. The van der Waals surface area contributed by atoms with Crippen molar-refractivity contribution in [2.75, 3.05) is 0 Å². The number of nitrogens with zero attached hydrogens (tertiary/aromatic N) is 1. The lowest BCUT2D eigenvalue weighted by Gasteiger charge is -2.15. The normalized spacial score (nSPS) is 12.6. The molecule has 0 spiro atoms. The van der Waals surface area contributed by atoms with Crippen molar-refractivity contribution in [3.63, 3.8) is 0 Å². The molecule has 2 aromatic carbocycles. The molecule has 0 bridgehead atoms. The van der Waals surface area contributed by atoms with Gasteiger partial charge in [-0.3, -0.25) is 0 Å². The second-order valence-corrected chi connectivity index (χ2v) is 7.10. The largest absolute Gasteiger partial charge is 0.242 e. The van der Waals surface area contributed by atoms with E-state index in [9.17, 15) is 8.42 Å². The number of sulfonamides is 1. The molecule has 2 rings (SSSR count). The Labute approximate surface area is 132 Å².